The van der Waals surface area contributed by atoms with Gasteiger partial charge in [-0.1, -0.05) is 12.1 Å². The molecular formula is C20H20N4O2. The molecule has 0 radical (unpaired) electrons. The number of hydrogen-bond acceptors (Lipinski definition) is 4. The molecule has 2 heterocycles. The van der Waals surface area contributed by atoms with Crippen LogP contribution < -0.4 is 0 Å². The Labute approximate surface area is 152 Å². The summed E-state index contributed by atoms with van der Waals surface area (Å²) in [5.41, 5.74) is 2.42. The average molecular weight is 348 g/mol. The van der Waals surface area contributed by atoms with Crippen LogP contribution in [0.4, 0.5) is 0 Å². The molecule has 1 aliphatic rings. The smallest absolute Gasteiger partial charge is 0.253 e. The lowest BCUT2D eigenvalue weighted by Gasteiger charge is -2.21. The van der Waals surface area contributed by atoms with Crippen LogP contribution in [0.1, 0.15) is 29.4 Å². The Bertz CT molecular complexity index is 872. The van der Waals surface area contributed by atoms with E-state index in [1.807, 2.05) is 18.2 Å². The van der Waals surface area contributed by atoms with Crippen LogP contribution in [0.5, 0.6) is 0 Å². The summed E-state index contributed by atoms with van der Waals surface area (Å²) in [5.74, 6) is -0.0124. The van der Waals surface area contributed by atoms with Gasteiger partial charge in [-0.3, -0.25) is 9.59 Å². The molecule has 2 amide bonds. The van der Waals surface area contributed by atoms with E-state index < -0.39 is 0 Å². The van der Waals surface area contributed by atoms with Crippen LogP contribution in [-0.2, 0) is 4.79 Å². The van der Waals surface area contributed by atoms with Crippen molar-refractivity contribution in [3.05, 3.63) is 53.9 Å². The number of pyridine rings is 1. The van der Waals surface area contributed by atoms with E-state index in [-0.39, 0.29) is 11.8 Å². The number of nitrogens with zero attached hydrogens (tertiary/aromatic N) is 4. The number of rotatable bonds is 2. The van der Waals surface area contributed by atoms with Crippen molar-refractivity contribution >= 4 is 11.8 Å². The van der Waals surface area contributed by atoms with Crippen LogP contribution in [0.15, 0.2) is 42.6 Å². The van der Waals surface area contributed by atoms with Gasteiger partial charge in [-0.15, -0.1) is 0 Å². The van der Waals surface area contributed by atoms with Gasteiger partial charge < -0.3 is 9.80 Å². The molecule has 2 aromatic rings. The van der Waals surface area contributed by atoms with Crippen molar-refractivity contribution in [2.24, 2.45) is 0 Å². The van der Waals surface area contributed by atoms with Crippen LogP contribution in [-0.4, -0.2) is 52.8 Å². The lowest BCUT2D eigenvalue weighted by atomic mass is 10.0. The van der Waals surface area contributed by atoms with E-state index in [2.05, 4.69) is 11.1 Å². The maximum atomic E-state index is 12.9. The van der Waals surface area contributed by atoms with Crippen molar-refractivity contribution in [1.29, 1.82) is 5.26 Å². The molecule has 0 bridgehead atoms. The molecule has 1 aromatic heterocycles. The summed E-state index contributed by atoms with van der Waals surface area (Å²) < 4.78 is 0. The number of benzene rings is 1. The first-order chi connectivity index (χ1) is 12.6. The molecule has 3 rings (SSSR count). The first kappa shape index (κ1) is 17.6. The Kier molecular flexibility index (Phi) is 5.28. The minimum absolute atomic E-state index is 0.0434. The molecule has 0 unspecified atom stereocenters. The van der Waals surface area contributed by atoms with E-state index in [9.17, 15) is 14.9 Å². The maximum Gasteiger partial charge on any atom is 0.253 e. The molecule has 1 saturated heterocycles. The predicted molar refractivity (Wildman–Crippen MR) is 97.2 cm³/mol. The molecule has 1 fully saturated rings. The SMILES string of the molecule is CC(=O)N1CCCN(C(=O)c2cccc(-c3cccnc3C#N)c2)CC1. The maximum absolute atomic E-state index is 12.9. The molecule has 0 N–H and O–H groups in total. The lowest BCUT2D eigenvalue weighted by Crippen LogP contribution is -2.36. The molecule has 1 aliphatic heterocycles. The number of carbonyl (C=O) groups is 2. The van der Waals surface area contributed by atoms with Gasteiger partial charge in [-0.2, -0.15) is 5.26 Å². The summed E-state index contributed by atoms with van der Waals surface area (Å²) in [7, 11) is 0. The number of aromatic nitrogens is 1. The van der Waals surface area contributed by atoms with Crippen LogP contribution >= 0.6 is 0 Å². The third kappa shape index (κ3) is 3.72. The largest absolute Gasteiger partial charge is 0.341 e. The van der Waals surface area contributed by atoms with Crippen LogP contribution in [0.3, 0.4) is 0 Å². The Balaban J connectivity index is 1.83. The van der Waals surface area contributed by atoms with Gasteiger partial charge in [-0.05, 0) is 36.2 Å². The van der Waals surface area contributed by atoms with Gasteiger partial charge in [0.05, 0.1) is 0 Å². The third-order valence-corrected chi connectivity index (χ3v) is 4.56. The highest BCUT2D eigenvalue weighted by atomic mass is 16.2. The van der Waals surface area contributed by atoms with Crippen LogP contribution in [0.25, 0.3) is 11.1 Å². The molecule has 1 aromatic carbocycles. The van der Waals surface area contributed by atoms with Crippen molar-refractivity contribution in [1.82, 2.24) is 14.8 Å². The summed E-state index contributed by atoms with van der Waals surface area (Å²) in [5, 5.41) is 9.24. The minimum Gasteiger partial charge on any atom is -0.341 e. The van der Waals surface area contributed by atoms with E-state index in [0.29, 0.717) is 43.0 Å². The topological polar surface area (TPSA) is 77.3 Å². The van der Waals surface area contributed by atoms with Crippen molar-refractivity contribution in [2.75, 3.05) is 26.2 Å². The van der Waals surface area contributed by atoms with Gasteiger partial charge in [0.15, 0.2) is 0 Å². The highest BCUT2D eigenvalue weighted by Gasteiger charge is 2.21. The molecule has 26 heavy (non-hydrogen) atoms. The zero-order valence-corrected chi connectivity index (χ0v) is 14.7. The number of hydrogen-bond donors (Lipinski definition) is 0. The van der Waals surface area contributed by atoms with Crippen molar-refractivity contribution in [2.45, 2.75) is 13.3 Å². The summed E-state index contributed by atoms with van der Waals surface area (Å²) in [6.45, 7) is 3.95. The summed E-state index contributed by atoms with van der Waals surface area (Å²) in [4.78, 5) is 32.1. The molecule has 132 valence electrons. The molecule has 0 atom stereocenters. The predicted octanol–water partition coefficient (Wildman–Crippen LogP) is 2.31. The van der Waals surface area contributed by atoms with E-state index in [1.165, 1.54) is 0 Å². The van der Waals surface area contributed by atoms with E-state index >= 15 is 0 Å². The third-order valence-electron chi connectivity index (χ3n) is 4.56. The second kappa shape index (κ2) is 7.79. The fraction of sp³-hybridized carbons (Fsp3) is 0.300. The fourth-order valence-electron chi connectivity index (χ4n) is 3.17. The Morgan fingerprint density at radius 1 is 1.08 bits per heavy atom. The number of carbonyl (C=O) groups excluding carboxylic acids is 2. The van der Waals surface area contributed by atoms with Gasteiger partial charge in [0.1, 0.15) is 11.8 Å². The van der Waals surface area contributed by atoms with Crippen LogP contribution in [0.2, 0.25) is 0 Å². The monoisotopic (exact) mass is 348 g/mol. The van der Waals surface area contributed by atoms with Gasteiger partial charge in [0.25, 0.3) is 5.91 Å². The second-order valence-corrected chi connectivity index (χ2v) is 6.24. The fourth-order valence-corrected chi connectivity index (χ4v) is 3.17. The van der Waals surface area contributed by atoms with E-state index in [4.69, 9.17) is 0 Å². The average Bonchev–Trinajstić information content (AvgIpc) is 2.94. The Morgan fingerprint density at radius 3 is 2.62 bits per heavy atom. The highest BCUT2D eigenvalue weighted by Crippen LogP contribution is 2.23. The summed E-state index contributed by atoms with van der Waals surface area (Å²) in [6, 6.07) is 12.9. The summed E-state index contributed by atoms with van der Waals surface area (Å²) >= 11 is 0. The Morgan fingerprint density at radius 2 is 1.85 bits per heavy atom. The van der Waals surface area contributed by atoms with E-state index in [0.717, 1.165) is 12.0 Å². The molecule has 6 heteroatoms. The van der Waals surface area contributed by atoms with Crippen molar-refractivity contribution in [3.8, 4) is 17.2 Å². The lowest BCUT2D eigenvalue weighted by molar-refractivity contribution is -0.128. The molecule has 6 nitrogen and oxygen atoms in total. The minimum atomic E-state index is -0.0559. The zero-order chi connectivity index (χ0) is 18.5. The van der Waals surface area contributed by atoms with Crippen LogP contribution in [0, 0.1) is 11.3 Å². The number of nitriles is 1. The summed E-state index contributed by atoms with van der Waals surface area (Å²) in [6.07, 6.45) is 2.35. The van der Waals surface area contributed by atoms with Gasteiger partial charge in [-0.25, -0.2) is 4.98 Å². The second-order valence-electron chi connectivity index (χ2n) is 6.24. The first-order valence-electron chi connectivity index (χ1n) is 8.60. The standard InChI is InChI=1S/C20H20N4O2/c1-15(25)23-9-4-10-24(12-11-23)20(26)17-6-2-5-16(13-17)18-7-3-8-22-19(18)14-21/h2-3,5-8,13H,4,9-12H2,1H3. The zero-order valence-electron chi connectivity index (χ0n) is 14.7. The number of amides is 2. The molecule has 0 spiro atoms. The van der Waals surface area contributed by atoms with Crippen molar-refractivity contribution in [3.63, 3.8) is 0 Å². The van der Waals surface area contributed by atoms with Gasteiger partial charge in [0.2, 0.25) is 5.91 Å². The normalized spacial score (nSPS) is 14.5. The van der Waals surface area contributed by atoms with Crippen molar-refractivity contribution < 1.29 is 9.59 Å². The molecule has 0 saturated carbocycles. The Hall–Kier alpha value is -3.20. The van der Waals surface area contributed by atoms with Gasteiger partial charge in [0, 0.05) is 50.4 Å². The van der Waals surface area contributed by atoms with Gasteiger partial charge >= 0.3 is 0 Å². The molecular weight excluding hydrogens is 328 g/mol. The first-order valence-corrected chi connectivity index (χ1v) is 8.60. The van der Waals surface area contributed by atoms with E-state index in [1.54, 1.807) is 41.1 Å². The molecule has 0 aliphatic carbocycles. The highest BCUT2D eigenvalue weighted by molar-refractivity contribution is 5.95. The quantitative estimate of drug-likeness (QED) is 0.834.